The largest absolute Gasteiger partial charge is 0.294 e. The number of rotatable bonds is 3. The molecular formula is C12H18O3S. The molecule has 0 radical (unpaired) electrons. The van der Waals surface area contributed by atoms with Gasteiger partial charge in [0.15, 0.2) is 0 Å². The first kappa shape index (κ1) is 13.2. The maximum atomic E-state index is 10.9. The maximum Gasteiger partial charge on any atom is 0.294 e. The Hall–Kier alpha value is -0.870. The third-order valence-electron chi connectivity index (χ3n) is 3.34. The highest BCUT2D eigenvalue weighted by Crippen LogP contribution is 2.31. The molecule has 0 unspecified atom stereocenters. The molecule has 0 bridgehead atoms. The minimum atomic E-state index is -4.09. The van der Waals surface area contributed by atoms with Gasteiger partial charge in [-0.3, -0.25) is 4.55 Å². The summed E-state index contributed by atoms with van der Waals surface area (Å²) in [7, 11) is -4.09. The van der Waals surface area contributed by atoms with Crippen LogP contribution in [0.5, 0.6) is 0 Å². The standard InChI is InChI=1S/C12H18O3S/c1-9(2)12(3,4)10-5-7-11(8-6-10)16(13,14)15/h5-9H,1-4H3,(H,13,14,15). The van der Waals surface area contributed by atoms with E-state index in [1.807, 2.05) is 0 Å². The van der Waals surface area contributed by atoms with Gasteiger partial charge in [-0.2, -0.15) is 8.42 Å². The highest BCUT2D eigenvalue weighted by molar-refractivity contribution is 7.85. The predicted molar refractivity (Wildman–Crippen MR) is 64.1 cm³/mol. The third kappa shape index (κ3) is 2.62. The van der Waals surface area contributed by atoms with Crippen LogP contribution in [0.2, 0.25) is 0 Å². The van der Waals surface area contributed by atoms with E-state index in [0.717, 1.165) is 5.56 Å². The minimum absolute atomic E-state index is 0.0161. The van der Waals surface area contributed by atoms with Crippen molar-refractivity contribution in [3.8, 4) is 0 Å². The van der Waals surface area contributed by atoms with E-state index in [0.29, 0.717) is 5.92 Å². The van der Waals surface area contributed by atoms with Gasteiger partial charge < -0.3 is 0 Å². The van der Waals surface area contributed by atoms with Gasteiger partial charge in [-0.1, -0.05) is 39.8 Å². The van der Waals surface area contributed by atoms with Crippen molar-refractivity contribution >= 4 is 10.1 Å². The molecule has 1 N–H and O–H groups in total. The molecule has 1 rings (SSSR count). The van der Waals surface area contributed by atoms with Crippen LogP contribution < -0.4 is 0 Å². The Morgan fingerprint density at radius 2 is 1.56 bits per heavy atom. The van der Waals surface area contributed by atoms with E-state index in [1.54, 1.807) is 12.1 Å². The topological polar surface area (TPSA) is 54.4 Å². The summed E-state index contributed by atoms with van der Waals surface area (Å²) in [6.07, 6.45) is 0. The average Bonchev–Trinajstić information content (AvgIpc) is 2.16. The Morgan fingerprint density at radius 3 is 1.88 bits per heavy atom. The van der Waals surface area contributed by atoms with Crippen molar-refractivity contribution in [2.24, 2.45) is 5.92 Å². The molecule has 0 saturated heterocycles. The van der Waals surface area contributed by atoms with E-state index in [9.17, 15) is 8.42 Å². The average molecular weight is 242 g/mol. The highest BCUT2D eigenvalue weighted by Gasteiger charge is 2.24. The predicted octanol–water partition coefficient (Wildman–Crippen LogP) is 2.87. The molecular weight excluding hydrogens is 224 g/mol. The Bertz CT molecular complexity index is 456. The van der Waals surface area contributed by atoms with Crippen molar-refractivity contribution in [2.45, 2.75) is 38.0 Å². The van der Waals surface area contributed by atoms with Gasteiger partial charge in [0, 0.05) is 0 Å². The molecule has 0 aliphatic carbocycles. The molecule has 0 fully saturated rings. The Morgan fingerprint density at radius 1 is 1.12 bits per heavy atom. The lowest BCUT2D eigenvalue weighted by atomic mass is 9.75. The summed E-state index contributed by atoms with van der Waals surface area (Å²) in [5, 5.41) is 0. The second-order valence-electron chi connectivity index (χ2n) is 4.88. The zero-order valence-electron chi connectivity index (χ0n) is 10.1. The lowest BCUT2D eigenvalue weighted by molar-refractivity contribution is 0.372. The molecule has 0 aliphatic rings. The monoisotopic (exact) mass is 242 g/mol. The first-order valence-corrected chi connectivity index (χ1v) is 6.67. The van der Waals surface area contributed by atoms with Gasteiger partial charge in [-0.15, -0.1) is 0 Å². The molecule has 0 aliphatic heterocycles. The van der Waals surface area contributed by atoms with Crippen LogP contribution in [0, 0.1) is 5.92 Å². The van der Waals surface area contributed by atoms with Crippen LogP contribution in [0.15, 0.2) is 29.2 Å². The van der Waals surface area contributed by atoms with Crippen molar-refractivity contribution < 1.29 is 13.0 Å². The van der Waals surface area contributed by atoms with Crippen LogP contribution in [0.25, 0.3) is 0 Å². The van der Waals surface area contributed by atoms with Gasteiger partial charge in [0.2, 0.25) is 0 Å². The quantitative estimate of drug-likeness (QED) is 0.829. The smallest absolute Gasteiger partial charge is 0.282 e. The molecule has 0 spiro atoms. The summed E-state index contributed by atoms with van der Waals surface area (Å²) >= 11 is 0. The van der Waals surface area contributed by atoms with Gasteiger partial charge >= 0.3 is 0 Å². The molecule has 16 heavy (non-hydrogen) atoms. The second-order valence-corrected chi connectivity index (χ2v) is 6.30. The first-order chi connectivity index (χ1) is 7.15. The second kappa shape index (κ2) is 4.18. The summed E-state index contributed by atoms with van der Waals surface area (Å²) in [5.41, 5.74) is 1.05. The molecule has 1 aromatic rings. The fourth-order valence-corrected chi connectivity index (χ4v) is 1.87. The molecule has 3 nitrogen and oxygen atoms in total. The SMILES string of the molecule is CC(C)C(C)(C)c1ccc(S(=O)(=O)O)cc1. The molecule has 0 atom stereocenters. The number of hydrogen-bond donors (Lipinski definition) is 1. The first-order valence-electron chi connectivity index (χ1n) is 5.23. The van der Waals surface area contributed by atoms with Crippen molar-refractivity contribution in [1.29, 1.82) is 0 Å². The van der Waals surface area contributed by atoms with Gasteiger partial charge in [-0.25, -0.2) is 0 Å². The molecule has 4 heteroatoms. The van der Waals surface area contributed by atoms with Gasteiger partial charge in [0.05, 0.1) is 4.90 Å². The zero-order valence-corrected chi connectivity index (χ0v) is 10.9. The van der Waals surface area contributed by atoms with E-state index < -0.39 is 10.1 Å². The van der Waals surface area contributed by atoms with Crippen LogP contribution in [0.1, 0.15) is 33.3 Å². The van der Waals surface area contributed by atoms with Crippen LogP contribution in [0.3, 0.4) is 0 Å². The number of benzene rings is 1. The highest BCUT2D eigenvalue weighted by atomic mass is 32.2. The van der Waals surface area contributed by atoms with E-state index in [2.05, 4.69) is 27.7 Å². The van der Waals surface area contributed by atoms with Crippen LogP contribution in [0.4, 0.5) is 0 Å². The van der Waals surface area contributed by atoms with Gasteiger partial charge in [0.25, 0.3) is 10.1 Å². The Labute approximate surface area is 97.2 Å². The Kier molecular flexibility index (Phi) is 3.45. The lowest BCUT2D eigenvalue weighted by Gasteiger charge is -2.29. The van der Waals surface area contributed by atoms with Crippen LogP contribution >= 0.6 is 0 Å². The molecule has 0 heterocycles. The fourth-order valence-electron chi connectivity index (χ4n) is 1.39. The van der Waals surface area contributed by atoms with Crippen molar-refractivity contribution in [3.05, 3.63) is 29.8 Å². The lowest BCUT2D eigenvalue weighted by Crippen LogP contribution is -2.24. The normalized spacial score (nSPS) is 13.1. The summed E-state index contributed by atoms with van der Waals surface area (Å²) in [6.45, 7) is 8.47. The molecule has 0 aromatic heterocycles. The molecule has 0 saturated carbocycles. The molecule has 1 aromatic carbocycles. The Balaban J connectivity index is 3.14. The van der Waals surface area contributed by atoms with E-state index in [-0.39, 0.29) is 10.3 Å². The summed E-state index contributed by atoms with van der Waals surface area (Å²) in [4.78, 5) is -0.0594. The third-order valence-corrected chi connectivity index (χ3v) is 4.21. The molecule has 0 amide bonds. The van der Waals surface area contributed by atoms with E-state index in [4.69, 9.17) is 4.55 Å². The summed E-state index contributed by atoms with van der Waals surface area (Å²) in [6, 6.07) is 6.38. The van der Waals surface area contributed by atoms with Crippen LogP contribution in [-0.4, -0.2) is 13.0 Å². The zero-order chi connectivity index (χ0) is 12.6. The van der Waals surface area contributed by atoms with Crippen molar-refractivity contribution in [2.75, 3.05) is 0 Å². The van der Waals surface area contributed by atoms with Crippen molar-refractivity contribution in [1.82, 2.24) is 0 Å². The summed E-state index contributed by atoms with van der Waals surface area (Å²) < 4.78 is 30.6. The summed E-state index contributed by atoms with van der Waals surface area (Å²) in [5.74, 6) is 0.448. The molecule has 90 valence electrons. The van der Waals surface area contributed by atoms with E-state index >= 15 is 0 Å². The van der Waals surface area contributed by atoms with Crippen molar-refractivity contribution in [3.63, 3.8) is 0 Å². The van der Waals surface area contributed by atoms with E-state index in [1.165, 1.54) is 12.1 Å². The fraction of sp³-hybridized carbons (Fsp3) is 0.500. The number of hydrogen-bond acceptors (Lipinski definition) is 2. The van der Waals surface area contributed by atoms with Crippen LogP contribution in [-0.2, 0) is 15.5 Å². The van der Waals surface area contributed by atoms with Gasteiger partial charge in [-0.05, 0) is 29.0 Å². The maximum absolute atomic E-state index is 10.9. The van der Waals surface area contributed by atoms with Gasteiger partial charge in [0.1, 0.15) is 0 Å². The minimum Gasteiger partial charge on any atom is -0.282 e.